The molecule has 0 aliphatic carbocycles. The number of hydrogen-bond acceptors (Lipinski definition) is 12. The van der Waals surface area contributed by atoms with Gasteiger partial charge in [-0.05, 0) is 15.5 Å². The lowest BCUT2D eigenvalue weighted by Crippen LogP contribution is -2.00. The van der Waals surface area contributed by atoms with E-state index in [9.17, 15) is 45.1 Å². The van der Waals surface area contributed by atoms with Crippen LogP contribution in [0.1, 0.15) is 0 Å². The van der Waals surface area contributed by atoms with E-state index >= 15 is 0 Å². The van der Waals surface area contributed by atoms with Crippen molar-refractivity contribution in [2.45, 2.75) is 0 Å². The fourth-order valence-electron chi connectivity index (χ4n) is 1.45. The smallest absolute Gasteiger partial charge is 0.258 e. The predicted molar refractivity (Wildman–Crippen MR) is 62.8 cm³/mol. The number of nitro benzene ring substituents is 3. The molecular weight excluding hydrogens is 300 g/mol. The van der Waals surface area contributed by atoms with E-state index in [4.69, 9.17) is 0 Å². The Morgan fingerprint density at radius 2 is 0.762 bits per heavy atom. The number of rotatable bonds is 6. The highest BCUT2D eigenvalue weighted by Crippen LogP contribution is 2.55. The monoisotopic (exact) mass is 300 g/mol. The van der Waals surface area contributed by atoms with Gasteiger partial charge in [-0.3, -0.25) is 30.3 Å². The van der Waals surface area contributed by atoms with Crippen LogP contribution in [0.2, 0.25) is 0 Å². The fraction of sp³-hybridized carbons (Fsp3) is 0. The quantitative estimate of drug-likeness (QED) is 0.427. The summed E-state index contributed by atoms with van der Waals surface area (Å²) in [5.74, 6) is 0. The van der Waals surface area contributed by atoms with E-state index in [1.807, 2.05) is 15.5 Å². The lowest BCUT2D eigenvalue weighted by molar-refractivity contribution is -0.399. The van der Waals surface area contributed by atoms with Crippen molar-refractivity contribution in [2.75, 3.05) is 0 Å². The molecule has 15 heteroatoms. The molecule has 0 N–H and O–H groups in total. The van der Waals surface area contributed by atoms with Crippen molar-refractivity contribution in [3.05, 3.63) is 45.1 Å². The van der Waals surface area contributed by atoms with Crippen LogP contribution >= 0.6 is 0 Å². The molecule has 1 aromatic rings. The van der Waals surface area contributed by atoms with E-state index in [2.05, 4.69) is 0 Å². The third-order valence-corrected chi connectivity index (χ3v) is 2.17. The number of benzene rings is 1. The molecule has 0 unspecified atom stereocenters. The Morgan fingerprint density at radius 1 is 0.571 bits per heavy atom. The summed E-state index contributed by atoms with van der Waals surface area (Å²) in [7, 11) is 0. The lowest BCUT2D eigenvalue weighted by Gasteiger charge is -2.02. The van der Waals surface area contributed by atoms with Gasteiger partial charge in [0.2, 0.25) is 0 Å². The van der Waals surface area contributed by atoms with Crippen LogP contribution < -0.4 is 0 Å². The summed E-state index contributed by atoms with van der Waals surface area (Å²) in [6.07, 6.45) is 0. The number of nitroso groups, excluding NO2 is 3. The second kappa shape index (κ2) is 5.47. The van der Waals surface area contributed by atoms with Crippen molar-refractivity contribution in [2.24, 2.45) is 15.5 Å². The Bertz CT molecular complexity index is 595. The van der Waals surface area contributed by atoms with Crippen LogP contribution in [0.4, 0.5) is 34.1 Å². The Hall–Kier alpha value is -3.78. The zero-order valence-electron chi connectivity index (χ0n) is 9.36. The average Bonchev–Trinajstić information content (AvgIpc) is 2.42. The molecule has 0 radical (unpaired) electrons. The maximum Gasteiger partial charge on any atom is 0.341 e. The van der Waals surface area contributed by atoms with E-state index in [0.717, 1.165) is 0 Å². The summed E-state index contributed by atoms with van der Waals surface area (Å²) in [4.78, 5) is 59.5. The molecule has 0 aliphatic heterocycles. The van der Waals surface area contributed by atoms with Crippen LogP contribution in [0.5, 0.6) is 0 Å². The van der Waals surface area contributed by atoms with Crippen LogP contribution in [0, 0.1) is 45.1 Å². The van der Waals surface area contributed by atoms with Gasteiger partial charge in [0.25, 0.3) is 17.1 Å². The van der Waals surface area contributed by atoms with Crippen molar-refractivity contribution in [1.29, 1.82) is 0 Å². The summed E-state index contributed by atoms with van der Waals surface area (Å²) in [5, 5.41) is 38.2. The van der Waals surface area contributed by atoms with Gasteiger partial charge in [-0.1, -0.05) is 0 Å². The maximum atomic E-state index is 10.8. The summed E-state index contributed by atoms with van der Waals surface area (Å²) in [6.45, 7) is 0. The topological polar surface area (TPSA) is 218 Å². The Balaban J connectivity index is 4.27. The van der Waals surface area contributed by atoms with Crippen LogP contribution in [-0.4, -0.2) is 14.8 Å². The molecule has 0 bridgehead atoms. The van der Waals surface area contributed by atoms with Crippen molar-refractivity contribution >= 4 is 34.1 Å². The zero-order valence-corrected chi connectivity index (χ0v) is 9.36. The zero-order chi connectivity index (χ0) is 16.3. The molecule has 1 rings (SSSR count). The highest BCUT2D eigenvalue weighted by atomic mass is 16.6. The third kappa shape index (κ3) is 2.25. The molecule has 15 nitrogen and oxygen atoms in total. The average molecular weight is 300 g/mol. The summed E-state index contributed by atoms with van der Waals surface area (Å²) < 4.78 is 0. The molecule has 0 saturated carbocycles. The molecule has 0 saturated heterocycles. The largest absolute Gasteiger partial charge is 0.341 e. The van der Waals surface area contributed by atoms with Crippen molar-refractivity contribution in [1.82, 2.24) is 0 Å². The lowest BCUT2D eigenvalue weighted by atomic mass is 10.1. The third-order valence-electron chi connectivity index (χ3n) is 2.17. The Labute approximate surface area is 110 Å². The summed E-state index contributed by atoms with van der Waals surface area (Å²) >= 11 is 0. The van der Waals surface area contributed by atoms with E-state index < -0.39 is 48.9 Å². The van der Waals surface area contributed by atoms with Gasteiger partial charge < -0.3 is 0 Å². The minimum absolute atomic E-state index is 1.50. The first-order valence-electron chi connectivity index (χ1n) is 4.48. The fourth-order valence-corrected chi connectivity index (χ4v) is 1.45. The summed E-state index contributed by atoms with van der Waals surface area (Å²) in [5.41, 5.74) is -9.69. The Kier molecular flexibility index (Phi) is 3.98. The van der Waals surface area contributed by atoms with Gasteiger partial charge in [-0.2, -0.15) is 0 Å². The standard InChI is InChI=1S/C6N6O9/c13-7-1-4(10(16)17)2(8-14)6(12(20)21)3(9-15)5(1)11(18)19. The molecule has 108 valence electrons. The SMILES string of the molecule is O=Nc1c([N+](=O)[O-])c(N=O)c([N+](=O)[O-])c(N=O)c1[N+](=O)[O-]. The number of hydrogen-bond donors (Lipinski definition) is 0. The minimum Gasteiger partial charge on any atom is -0.258 e. The molecule has 0 aliphatic rings. The molecule has 21 heavy (non-hydrogen) atoms. The minimum atomic E-state index is -1.66. The molecule has 0 spiro atoms. The normalized spacial score (nSPS) is 9.71. The molecule has 0 amide bonds. The van der Waals surface area contributed by atoms with Crippen molar-refractivity contribution in [3.63, 3.8) is 0 Å². The van der Waals surface area contributed by atoms with Gasteiger partial charge in [0.1, 0.15) is 0 Å². The molecule has 0 aromatic heterocycles. The first kappa shape index (κ1) is 15.3. The van der Waals surface area contributed by atoms with Gasteiger partial charge in [-0.15, -0.1) is 14.7 Å². The molecular formula is C6N6O9. The molecule has 1 aromatic carbocycles. The second-order valence-electron chi connectivity index (χ2n) is 3.14. The molecule has 0 atom stereocenters. The van der Waals surface area contributed by atoms with Gasteiger partial charge in [0.15, 0.2) is 0 Å². The molecule has 0 fully saturated rings. The first-order valence-corrected chi connectivity index (χ1v) is 4.48. The first-order chi connectivity index (χ1) is 9.81. The summed E-state index contributed by atoms with van der Waals surface area (Å²) in [6, 6.07) is 0. The predicted octanol–water partition coefficient (Wildman–Crippen LogP) is 2.60. The van der Waals surface area contributed by atoms with Gasteiger partial charge in [0.05, 0.1) is 14.8 Å². The van der Waals surface area contributed by atoms with Gasteiger partial charge in [-0.25, -0.2) is 0 Å². The van der Waals surface area contributed by atoms with Crippen molar-refractivity contribution < 1.29 is 14.8 Å². The number of nitrogens with zero attached hydrogens (tertiary/aromatic N) is 6. The van der Waals surface area contributed by atoms with E-state index in [1.54, 1.807) is 0 Å². The molecule has 0 heterocycles. The van der Waals surface area contributed by atoms with Crippen LogP contribution in [0.15, 0.2) is 15.5 Å². The van der Waals surface area contributed by atoms with Gasteiger partial charge >= 0.3 is 17.1 Å². The van der Waals surface area contributed by atoms with E-state index in [0.29, 0.717) is 0 Å². The van der Waals surface area contributed by atoms with Crippen LogP contribution in [0.3, 0.4) is 0 Å². The number of nitro groups is 3. The second-order valence-corrected chi connectivity index (χ2v) is 3.14. The van der Waals surface area contributed by atoms with E-state index in [-0.39, 0.29) is 0 Å². The van der Waals surface area contributed by atoms with Gasteiger partial charge in [0, 0.05) is 0 Å². The van der Waals surface area contributed by atoms with E-state index in [1.165, 1.54) is 0 Å². The van der Waals surface area contributed by atoms with Crippen molar-refractivity contribution in [3.8, 4) is 0 Å². The van der Waals surface area contributed by atoms with Crippen LogP contribution in [-0.2, 0) is 0 Å². The maximum absolute atomic E-state index is 10.8. The van der Waals surface area contributed by atoms with Crippen LogP contribution in [0.25, 0.3) is 0 Å². The highest BCUT2D eigenvalue weighted by molar-refractivity contribution is 5.96. The Morgan fingerprint density at radius 3 is 0.857 bits per heavy atom. The highest BCUT2D eigenvalue weighted by Gasteiger charge is 2.45.